The Hall–Kier alpha value is -2.51. The Labute approximate surface area is 166 Å². The maximum atomic E-state index is 14.1. The van der Waals surface area contributed by atoms with Crippen molar-refractivity contribution in [3.05, 3.63) is 53.8 Å². The van der Waals surface area contributed by atoms with Gasteiger partial charge in [-0.2, -0.15) is 0 Å². The number of carbonyl (C=O) groups is 1. The normalized spacial score (nSPS) is 16.4. The number of fused-ring (bicyclic) bond motifs is 1. The van der Waals surface area contributed by atoms with Gasteiger partial charge in [-0.25, -0.2) is 9.37 Å². The summed E-state index contributed by atoms with van der Waals surface area (Å²) in [5, 5.41) is 0.466. The molecule has 1 amide bonds. The van der Waals surface area contributed by atoms with Crippen molar-refractivity contribution in [2.45, 2.75) is 25.9 Å². The average molecular weight is 400 g/mol. The van der Waals surface area contributed by atoms with Gasteiger partial charge >= 0.3 is 0 Å². The lowest BCUT2D eigenvalue weighted by Crippen LogP contribution is -2.40. The number of aromatic nitrogens is 1. The monoisotopic (exact) mass is 400 g/mol. The summed E-state index contributed by atoms with van der Waals surface area (Å²) in [4.78, 5) is 18.9. The van der Waals surface area contributed by atoms with Gasteiger partial charge in [0.05, 0.1) is 17.3 Å². The van der Waals surface area contributed by atoms with Crippen LogP contribution in [0.2, 0.25) is 0 Å². The third-order valence-electron chi connectivity index (χ3n) is 4.65. The number of para-hydroxylation sites is 1. The van der Waals surface area contributed by atoms with Crippen molar-refractivity contribution >= 4 is 32.6 Å². The molecule has 5 nitrogen and oxygen atoms in total. The van der Waals surface area contributed by atoms with Crippen molar-refractivity contribution in [1.82, 2.24) is 4.98 Å². The highest BCUT2D eigenvalue weighted by Crippen LogP contribution is 2.31. The number of aryl methyl sites for hydroxylation is 1. The molecule has 0 radical (unpaired) electrons. The number of anilines is 1. The molecule has 1 unspecified atom stereocenters. The molecule has 0 spiro atoms. The van der Waals surface area contributed by atoms with Crippen molar-refractivity contribution in [1.29, 1.82) is 0 Å². The van der Waals surface area contributed by atoms with E-state index in [9.17, 15) is 9.18 Å². The number of benzene rings is 2. The maximum Gasteiger partial charge on any atom is 0.266 e. The zero-order valence-corrected chi connectivity index (χ0v) is 16.4. The number of rotatable bonds is 6. The third-order valence-corrected chi connectivity index (χ3v) is 5.70. The summed E-state index contributed by atoms with van der Waals surface area (Å²) in [6.07, 6.45) is 1.82. The van der Waals surface area contributed by atoms with Gasteiger partial charge in [0.1, 0.15) is 17.1 Å². The molecule has 3 aromatic rings. The number of hydrogen-bond donors (Lipinski definition) is 0. The van der Waals surface area contributed by atoms with E-state index in [0.717, 1.165) is 18.4 Å². The van der Waals surface area contributed by atoms with Gasteiger partial charge < -0.3 is 9.47 Å². The zero-order valence-electron chi connectivity index (χ0n) is 15.6. The van der Waals surface area contributed by atoms with E-state index in [4.69, 9.17) is 9.47 Å². The van der Waals surface area contributed by atoms with E-state index in [1.165, 1.54) is 17.4 Å². The number of ether oxygens (including phenoxy) is 2. The lowest BCUT2D eigenvalue weighted by atomic mass is 10.2. The smallest absolute Gasteiger partial charge is 0.266 e. The van der Waals surface area contributed by atoms with Gasteiger partial charge in [0.2, 0.25) is 0 Å². The second-order valence-electron chi connectivity index (χ2n) is 6.83. The Morgan fingerprint density at radius 3 is 2.96 bits per heavy atom. The molecule has 146 valence electrons. The van der Waals surface area contributed by atoms with E-state index in [1.54, 1.807) is 17.0 Å². The summed E-state index contributed by atoms with van der Waals surface area (Å²) in [6, 6.07) is 12.4. The molecule has 28 heavy (non-hydrogen) atoms. The molecule has 1 fully saturated rings. The average Bonchev–Trinajstić information content (AvgIpc) is 3.34. The minimum absolute atomic E-state index is 0.0419. The number of amides is 1. The van der Waals surface area contributed by atoms with Crippen LogP contribution in [0.4, 0.5) is 9.52 Å². The number of halogens is 1. The van der Waals surface area contributed by atoms with Gasteiger partial charge in [-0.1, -0.05) is 29.5 Å². The molecular formula is C21H21FN2O3S. The Bertz CT molecular complexity index is 985. The highest BCUT2D eigenvalue weighted by Gasteiger charge is 2.27. The van der Waals surface area contributed by atoms with Gasteiger partial charge in [-0.15, -0.1) is 0 Å². The molecule has 2 heterocycles. The van der Waals surface area contributed by atoms with Crippen molar-refractivity contribution in [3.8, 4) is 5.75 Å². The van der Waals surface area contributed by atoms with Crippen LogP contribution >= 0.6 is 11.3 Å². The van der Waals surface area contributed by atoms with E-state index >= 15 is 0 Å². The molecule has 1 aliphatic rings. The fourth-order valence-corrected chi connectivity index (χ4v) is 4.23. The number of hydrogen-bond acceptors (Lipinski definition) is 5. The Morgan fingerprint density at radius 1 is 1.36 bits per heavy atom. The van der Waals surface area contributed by atoms with Gasteiger partial charge in [-0.05, 0) is 49.6 Å². The maximum absolute atomic E-state index is 14.1. The summed E-state index contributed by atoms with van der Waals surface area (Å²) in [5.41, 5.74) is 1.34. The predicted octanol–water partition coefficient (Wildman–Crippen LogP) is 4.33. The van der Waals surface area contributed by atoms with Crippen molar-refractivity contribution < 1.29 is 18.7 Å². The van der Waals surface area contributed by atoms with Crippen LogP contribution in [0.5, 0.6) is 5.75 Å². The number of nitrogens with zero attached hydrogens (tertiary/aromatic N) is 2. The molecule has 0 saturated carbocycles. The first-order valence-corrected chi connectivity index (χ1v) is 10.1. The second-order valence-corrected chi connectivity index (χ2v) is 7.84. The van der Waals surface area contributed by atoms with E-state index in [0.29, 0.717) is 28.7 Å². The summed E-state index contributed by atoms with van der Waals surface area (Å²) < 4.78 is 26.2. The van der Waals surface area contributed by atoms with Crippen LogP contribution in [0, 0.1) is 12.7 Å². The molecule has 4 rings (SSSR count). The predicted molar refractivity (Wildman–Crippen MR) is 108 cm³/mol. The first kappa shape index (κ1) is 18.8. The van der Waals surface area contributed by atoms with Crippen molar-refractivity contribution in [2.75, 3.05) is 24.7 Å². The molecule has 1 aromatic heterocycles. The summed E-state index contributed by atoms with van der Waals surface area (Å²) in [7, 11) is 0. The van der Waals surface area contributed by atoms with Crippen LogP contribution in [-0.4, -0.2) is 36.8 Å². The lowest BCUT2D eigenvalue weighted by molar-refractivity contribution is -0.120. The topological polar surface area (TPSA) is 51.7 Å². The Morgan fingerprint density at radius 2 is 2.21 bits per heavy atom. The molecular weight excluding hydrogens is 379 g/mol. The largest absolute Gasteiger partial charge is 0.484 e. The molecule has 1 atom stereocenters. The van der Waals surface area contributed by atoms with E-state index < -0.39 is 0 Å². The van der Waals surface area contributed by atoms with Gasteiger partial charge in [0.15, 0.2) is 11.7 Å². The van der Waals surface area contributed by atoms with Crippen LogP contribution in [0.1, 0.15) is 18.4 Å². The van der Waals surface area contributed by atoms with E-state index in [-0.39, 0.29) is 30.0 Å². The minimum atomic E-state index is -0.388. The van der Waals surface area contributed by atoms with E-state index in [1.807, 2.05) is 31.2 Å². The number of carbonyl (C=O) groups excluding carboxylic acids is 1. The molecule has 0 aliphatic carbocycles. The standard InChI is InChI=1S/C21H21FN2O3S/c1-14-5-2-6-15(11-14)27-13-19(25)24(12-16-7-4-10-26-16)21-23-20-17(22)8-3-9-18(20)28-21/h2-3,5-6,8-9,11,16H,4,7,10,12-13H2,1H3. The van der Waals surface area contributed by atoms with Gasteiger partial charge in [0, 0.05) is 6.61 Å². The Balaban J connectivity index is 1.56. The molecule has 0 bridgehead atoms. The van der Waals surface area contributed by atoms with Crippen LogP contribution < -0.4 is 9.64 Å². The number of thiazole rings is 1. The van der Waals surface area contributed by atoms with Crippen LogP contribution in [0.25, 0.3) is 10.2 Å². The summed E-state index contributed by atoms with van der Waals surface area (Å²) >= 11 is 1.30. The van der Waals surface area contributed by atoms with Crippen molar-refractivity contribution in [2.24, 2.45) is 0 Å². The summed E-state index contributed by atoms with van der Waals surface area (Å²) in [5.74, 6) is 0.0257. The molecule has 0 N–H and O–H groups in total. The van der Waals surface area contributed by atoms with Gasteiger partial charge in [-0.3, -0.25) is 9.69 Å². The highest BCUT2D eigenvalue weighted by molar-refractivity contribution is 7.22. The lowest BCUT2D eigenvalue weighted by Gasteiger charge is -2.23. The first-order valence-electron chi connectivity index (χ1n) is 9.26. The SMILES string of the molecule is Cc1cccc(OCC(=O)N(CC2CCCO2)c2nc3c(F)cccc3s2)c1. The quantitative estimate of drug-likeness (QED) is 0.618. The zero-order chi connectivity index (χ0) is 19.5. The van der Waals surface area contributed by atoms with Gasteiger partial charge in [0.25, 0.3) is 5.91 Å². The molecule has 1 saturated heterocycles. The Kier molecular flexibility index (Phi) is 5.54. The van der Waals surface area contributed by atoms with Crippen LogP contribution in [-0.2, 0) is 9.53 Å². The van der Waals surface area contributed by atoms with Crippen LogP contribution in [0.15, 0.2) is 42.5 Å². The third kappa shape index (κ3) is 4.15. The fourth-order valence-electron chi connectivity index (χ4n) is 3.23. The van der Waals surface area contributed by atoms with Crippen LogP contribution in [0.3, 0.4) is 0 Å². The summed E-state index contributed by atoms with van der Waals surface area (Å²) in [6.45, 7) is 2.93. The minimum Gasteiger partial charge on any atom is -0.484 e. The first-order chi connectivity index (χ1) is 13.6. The fraction of sp³-hybridized carbons (Fsp3) is 0.333. The molecule has 1 aliphatic heterocycles. The van der Waals surface area contributed by atoms with Crippen molar-refractivity contribution in [3.63, 3.8) is 0 Å². The molecule has 7 heteroatoms. The highest BCUT2D eigenvalue weighted by atomic mass is 32.1. The second kappa shape index (κ2) is 8.24. The molecule has 2 aromatic carbocycles. The van der Waals surface area contributed by atoms with E-state index in [2.05, 4.69) is 4.98 Å².